The molecule has 1 unspecified atom stereocenters. The summed E-state index contributed by atoms with van der Waals surface area (Å²) < 4.78 is 0. The molecule has 98 valence electrons. The molecule has 1 aromatic rings. The number of likely N-dealkylation sites (N-methyl/N-ethyl adjacent to an activating group) is 2. The second-order valence-electron chi connectivity index (χ2n) is 6.07. The molecule has 0 saturated carbocycles. The highest BCUT2D eigenvalue weighted by Gasteiger charge is 2.21. The van der Waals surface area contributed by atoms with Gasteiger partial charge in [-0.15, -0.1) is 0 Å². The minimum Gasteiger partial charge on any atom is -0.303 e. The molecule has 0 spiro atoms. The third kappa shape index (κ3) is 2.45. The van der Waals surface area contributed by atoms with Gasteiger partial charge in [0.2, 0.25) is 0 Å². The summed E-state index contributed by atoms with van der Waals surface area (Å²) in [6.07, 6.45) is 5.20. The number of fused-ring (bicyclic) bond motifs is 1. The Balaban J connectivity index is 1.74. The average Bonchev–Trinajstić information content (AvgIpc) is 2.75. The second-order valence-corrected chi connectivity index (χ2v) is 6.07. The van der Waals surface area contributed by atoms with Crippen molar-refractivity contribution in [3.8, 4) is 0 Å². The molecule has 0 amide bonds. The fraction of sp³-hybridized carbons (Fsp3) is 0.625. The second kappa shape index (κ2) is 5.02. The molecular formula is C16H24N2. The summed E-state index contributed by atoms with van der Waals surface area (Å²) >= 11 is 0. The van der Waals surface area contributed by atoms with E-state index >= 15 is 0 Å². The molecule has 2 nitrogen and oxygen atoms in total. The highest BCUT2D eigenvalue weighted by atomic mass is 15.1. The molecule has 1 aromatic carbocycles. The van der Waals surface area contributed by atoms with Crippen molar-refractivity contribution in [2.45, 2.75) is 38.3 Å². The summed E-state index contributed by atoms with van der Waals surface area (Å²) in [5.41, 5.74) is 4.66. The van der Waals surface area contributed by atoms with E-state index in [-0.39, 0.29) is 0 Å². The molecule has 2 heterocycles. The van der Waals surface area contributed by atoms with Gasteiger partial charge in [0.15, 0.2) is 0 Å². The molecule has 1 saturated heterocycles. The van der Waals surface area contributed by atoms with Gasteiger partial charge < -0.3 is 9.80 Å². The molecule has 2 aliphatic heterocycles. The van der Waals surface area contributed by atoms with Crippen molar-refractivity contribution in [3.05, 3.63) is 34.9 Å². The van der Waals surface area contributed by atoms with Crippen LogP contribution in [-0.4, -0.2) is 43.0 Å². The summed E-state index contributed by atoms with van der Waals surface area (Å²) in [7, 11) is 4.48. The zero-order chi connectivity index (χ0) is 12.5. The molecule has 0 bridgehead atoms. The number of hydrogen-bond donors (Lipinski definition) is 0. The van der Waals surface area contributed by atoms with Crippen LogP contribution in [0.2, 0.25) is 0 Å². The van der Waals surface area contributed by atoms with Crippen molar-refractivity contribution >= 4 is 0 Å². The Kier molecular flexibility index (Phi) is 3.40. The topological polar surface area (TPSA) is 6.48 Å². The van der Waals surface area contributed by atoms with Crippen molar-refractivity contribution in [1.82, 2.24) is 9.80 Å². The Morgan fingerprint density at radius 3 is 2.83 bits per heavy atom. The largest absolute Gasteiger partial charge is 0.303 e. The summed E-state index contributed by atoms with van der Waals surface area (Å²) in [6.45, 7) is 3.61. The van der Waals surface area contributed by atoms with Crippen LogP contribution in [0.5, 0.6) is 0 Å². The molecule has 3 rings (SSSR count). The molecule has 1 fully saturated rings. The van der Waals surface area contributed by atoms with Gasteiger partial charge >= 0.3 is 0 Å². The van der Waals surface area contributed by atoms with Crippen LogP contribution >= 0.6 is 0 Å². The summed E-state index contributed by atoms with van der Waals surface area (Å²) in [6, 6.07) is 7.95. The van der Waals surface area contributed by atoms with Crippen molar-refractivity contribution in [1.29, 1.82) is 0 Å². The van der Waals surface area contributed by atoms with Gasteiger partial charge in [0.05, 0.1) is 0 Å². The molecule has 1 atom stereocenters. The van der Waals surface area contributed by atoms with E-state index in [0.717, 1.165) is 12.6 Å². The van der Waals surface area contributed by atoms with E-state index in [0.29, 0.717) is 0 Å². The lowest BCUT2D eigenvalue weighted by atomic mass is 9.94. The van der Waals surface area contributed by atoms with Crippen LogP contribution in [0.3, 0.4) is 0 Å². The molecular weight excluding hydrogens is 220 g/mol. The van der Waals surface area contributed by atoms with Crippen LogP contribution < -0.4 is 0 Å². The highest BCUT2D eigenvalue weighted by molar-refractivity contribution is 5.34. The minimum atomic E-state index is 0.773. The Bertz CT molecular complexity index is 427. The van der Waals surface area contributed by atoms with E-state index in [1.54, 1.807) is 5.56 Å². The van der Waals surface area contributed by atoms with Crippen LogP contribution in [0.25, 0.3) is 0 Å². The first-order valence-electron chi connectivity index (χ1n) is 7.22. The Morgan fingerprint density at radius 1 is 1.17 bits per heavy atom. The van der Waals surface area contributed by atoms with E-state index < -0.39 is 0 Å². The summed E-state index contributed by atoms with van der Waals surface area (Å²) in [5, 5.41) is 0. The van der Waals surface area contributed by atoms with E-state index in [1.807, 2.05) is 0 Å². The van der Waals surface area contributed by atoms with Crippen LogP contribution in [0.1, 0.15) is 29.5 Å². The van der Waals surface area contributed by atoms with Crippen molar-refractivity contribution in [2.75, 3.05) is 27.2 Å². The van der Waals surface area contributed by atoms with Crippen molar-refractivity contribution in [2.24, 2.45) is 0 Å². The van der Waals surface area contributed by atoms with Crippen LogP contribution in [0.15, 0.2) is 18.2 Å². The number of hydrogen-bond acceptors (Lipinski definition) is 2. The maximum atomic E-state index is 2.52. The molecule has 0 aromatic heterocycles. The van der Waals surface area contributed by atoms with E-state index in [4.69, 9.17) is 0 Å². The lowest BCUT2D eigenvalue weighted by Gasteiger charge is -2.26. The quantitative estimate of drug-likeness (QED) is 0.788. The first kappa shape index (κ1) is 12.2. The first-order chi connectivity index (χ1) is 8.72. The molecule has 18 heavy (non-hydrogen) atoms. The zero-order valence-electron chi connectivity index (χ0n) is 11.7. The smallest absolute Gasteiger partial charge is 0.0233 e. The third-order valence-electron chi connectivity index (χ3n) is 4.62. The fourth-order valence-corrected chi connectivity index (χ4v) is 3.38. The number of benzene rings is 1. The molecule has 0 radical (unpaired) electrons. The predicted octanol–water partition coefficient (Wildman–Crippen LogP) is 2.31. The standard InChI is InChI=1S/C16H24N2/c1-17-9-7-14-10-13(5-6-15(14)12-17)11-16-4-3-8-18(16)2/h5-6,10,16H,3-4,7-9,11-12H2,1-2H3. The normalized spacial score (nSPS) is 25.3. The lowest BCUT2D eigenvalue weighted by Crippen LogP contribution is -2.28. The van der Waals surface area contributed by atoms with Crippen LogP contribution in [-0.2, 0) is 19.4 Å². The Labute approximate surface area is 111 Å². The Morgan fingerprint density at radius 2 is 2.06 bits per heavy atom. The van der Waals surface area contributed by atoms with E-state index in [1.165, 1.54) is 49.9 Å². The highest BCUT2D eigenvalue weighted by Crippen LogP contribution is 2.23. The fourth-order valence-electron chi connectivity index (χ4n) is 3.38. The summed E-state index contributed by atoms with van der Waals surface area (Å²) in [5.74, 6) is 0. The molecule has 2 aliphatic rings. The maximum Gasteiger partial charge on any atom is 0.0233 e. The number of rotatable bonds is 2. The van der Waals surface area contributed by atoms with Gasteiger partial charge in [-0.3, -0.25) is 0 Å². The molecule has 0 aliphatic carbocycles. The number of nitrogens with zero attached hydrogens (tertiary/aromatic N) is 2. The predicted molar refractivity (Wildman–Crippen MR) is 75.8 cm³/mol. The van der Waals surface area contributed by atoms with Crippen molar-refractivity contribution < 1.29 is 0 Å². The van der Waals surface area contributed by atoms with Gasteiger partial charge in [-0.05, 0) is 63.0 Å². The van der Waals surface area contributed by atoms with E-state index in [2.05, 4.69) is 42.1 Å². The molecule has 2 heteroatoms. The van der Waals surface area contributed by atoms with Crippen LogP contribution in [0, 0.1) is 0 Å². The lowest BCUT2D eigenvalue weighted by molar-refractivity contribution is 0.307. The monoisotopic (exact) mass is 244 g/mol. The third-order valence-corrected chi connectivity index (χ3v) is 4.62. The van der Waals surface area contributed by atoms with Crippen LogP contribution in [0.4, 0.5) is 0 Å². The SMILES string of the molecule is CN1CCc2cc(CC3CCCN3C)ccc2C1. The van der Waals surface area contributed by atoms with Gasteiger partial charge in [0, 0.05) is 19.1 Å². The first-order valence-corrected chi connectivity index (χ1v) is 7.22. The molecule has 0 N–H and O–H groups in total. The summed E-state index contributed by atoms with van der Waals surface area (Å²) in [4.78, 5) is 4.93. The maximum absolute atomic E-state index is 2.52. The Hall–Kier alpha value is -0.860. The van der Waals surface area contributed by atoms with E-state index in [9.17, 15) is 0 Å². The number of likely N-dealkylation sites (tertiary alicyclic amines) is 1. The van der Waals surface area contributed by atoms with Gasteiger partial charge in [0.25, 0.3) is 0 Å². The van der Waals surface area contributed by atoms with Gasteiger partial charge in [0.1, 0.15) is 0 Å². The van der Waals surface area contributed by atoms with Gasteiger partial charge in [-0.1, -0.05) is 18.2 Å². The van der Waals surface area contributed by atoms with Gasteiger partial charge in [-0.2, -0.15) is 0 Å². The zero-order valence-corrected chi connectivity index (χ0v) is 11.7. The minimum absolute atomic E-state index is 0.773. The van der Waals surface area contributed by atoms with Crippen molar-refractivity contribution in [3.63, 3.8) is 0 Å². The average molecular weight is 244 g/mol. The van der Waals surface area contributed by atoms with Gasteiger partial charge in [-0.25, -0.2) is 0 Å².